The Morgan fingerprint density at radius 3 is 1.62 bits per heavy atom. The van der Waals surface area contributed by atoms with Gasteiger partial charge in [0.25, 0.3) is 0 Å². The number of ether oxygens (including phenoxy) is 2. The summed E-state index contributed by atoms with van der Waals surface area (Å²) < 4.78 is 10.6. The molecule has 0 amide bonds. The van der Waals surface area contributed by atoms with Crippen LogP contribution in [0, 0.1) is 0 Å². The zero-order chi connectivity index (χ0) is 17.5. The molecule has 2 unspecified atom stereocenters. The highest BCUT2D eigenvalue weighted by Gasteiger charge is 2.19. The Balaban J connectivity index is 2.07. The highest BCUT2D eigenvalue weighted by atomic mass is 16.7. The molecule has 0 aromatic heterocycles. The first-order valence-corrected chi connectivity index (χ1v) is 7.36. The molecule has 5 heteroatoms. The molecule has 2 aromatic rings. The van der Waals surface area contributed by atoms with Crippen molar-refractivity contribution < 1.29 is 14.3 Å². The average Bonchev–Trinajstić information content (AvgIpc) is 2.57. The second-order valence-electron chi connectivity index (χ2n) is 5.14. The molecular weight excluding hydrogens is 304 g/mol. The van der Waals surface area contributed by atoms with Crippen molar-refractivity contribution in [1.29, 1.82) is 0 Å². The van der Waals surface area contributed by atoms with Crippen LogP contribution in [0.2, 0.25) is 0 Å². The van der Waals surface area contributed by atoms with E-state index in [9.17, 15) is 4.79 Å². The summed E-state index contributed by atoms with van der Waals surface area (Å²) in [5.41, 5.74) is 14.0. The molecule has 0 heterocycles. The van der Waals surface area contributed by atoms with E-state index in [1.165, 1.54) is 12.2 Å². The third-order valence-corrected chi connectivity index (χ3v) is 3.35. The fourth-order valence-electron chi connectivity index (χ4n) is 2.21. The van der Waals surface area contributed by atoms with Crippen molar-refractivity contribution in [2.75, 3.05) is 11.5 Å². The van der Waals surface area contributed by atoms with Crippen molar-refractivity contribution in [3.63, 3.8) is 0 Å². The van der Waals surface area contributed by atoms with Crippen molar-refractivity contribution in [2.45, 2.75) is 12.2 Å². The van der Waals surface area contributed by atoms with Crippen LogP contribution in [0.5, 0.6) is 0 Å². The maximum atomic E-state index is 12.1. The van der Waals surface area contributed by atoms with E-state index in [0.717, 1.165) is 0 Å². The zero-order valence-electron chi connectivity index (χ0n) is 13.2. The molecule has 0 aliphatic heterocycles. The molecule has 124 valence electrons. The molecule has 0 radical (unpaired) electrons. The monoisotopic (exact) mass is 324 g/mol. The number of carbonyl (C=O) groups is 1. The molecule has 0 saturated heterocycles. The summed E-state index contributed by atoms with van der Waals surface area (Å²) in [5.74, 6) is 0. The van der Waals surface area contributed by atoms with E-state index in [1.807, 2.05) is 0 Å². The number of hydrogen-bond donors (Lipinski definition) is 2. The second kappa shape index (κ2) is 7.87. The fraction of sp³-hybridized carbons (Fsp3) is 0.105. The third-order valence-electron chi connectivity index (χ3n) is 3.35. The van der Waals surface area contributed by atoms with Gasteiger partial charge in [0.1, 0.15) is 12.2 Å². The van der Waals surface area contributed by atoms with Crippen LogP contribution in [-0.4, -0.2) is 6.16 Å². The van der Waals surface area contributed by atoms with Gasteiger partial charge in [-0.05, 0) is 47.5 Å². The van der Waals surface area contributed by atoms with Crippen LogP contribution in [0.1, 0.15) is 23.3 Å². The summed E-state index contributed by atoms with van der Waals surface area (Å²) in [6.45, 7) is 7.36. The Morgan fingerprint density at radius 1 is 0.875 bits per heavy atom. The number of benzene rings is 2. The first-order valence-electron chi connectivity index (χ1n) is 7.36. The quantitative estimate of drug-likeness (QED) is 0.473. The van der Waals surface area contributed by atoms with E-state index in [-0.39, 0.29) is 0 Å². The highest BCUT2D eigenvalue weighted by Crippen LogP contribution is 2.25. The Kier molecular flexibility index (Phi) is 5.63. The Morgan fingerprint density at radius 2 is 1.29 bits per heavy atom. The summed E-state index contributed by atoms with van der Waals surface area (Å²) in [6.07, 6.45) is 0.841. The molecule has 2 aromatic carbocycles. The average molecular weight is 324 g/mol. The maximum Gasteiger partial charge on any atom is 0.510 e. The summed E-state index contributed by atoms with van der Waals surface area (Å²) in [7, 11) is 0. The minimum Gasteiger partial charge on any atom is -0.422 e. The Labute approximate surface area is 141 Å². The number of rotatable bonds is 6. The van der Waals surface area contributed by atoms with Gasteiger partial charge in [0.2, 0.25) is 0 Å². The van der Waals surface area contributed by atoms with Crippen molar-refractivity contribution in [2.24, 2.45) is 0 Å². The van der Waals surface area contributed by atoms with Crippen LogP contribution in [0.3, 0.4) is 0 Å². The summed E-state index contributed by atoms with van der Waals surface area (Å²) in [4.78, 5) is 12.1. The van der Waals surface area contributed by atoms with Gasteiger partial charge in [-0.25, -0.2) is 4.79 Å². The molecule has 0 aliphatic carbocycles. The van der Waals surface area contributed by atoms with Gasteiger partial charge in [-0.15, -0.1) is 0 Å². The predicted molar refractivity (Wildman–Crippen MR) is 95.2 cm³/mol. The first kappa shape index (κ1) is 17.1. The van der Waals surface area contributed by atoms with Crippen LogP contribution in [0.15, 0.2) is 73.8 Å². The van der Waals surface area contributed by atoms with Crippen molar-refractivity contribution in [1.82, 2.24) is 0 Å². The number of nitrogen functional groups attached to an aromatic ring is 2. The minimum absolute atomic E-state index is 0.569. The van der Waals surface area contributed by atoms with Crippen molar-refractivity contribution in [3.8, 4) is 0 Å². The van der Waals surface area contributed by atoms with Crippen LogP contribution >= 0.6 is 0 Å². The first-order chi connectivity index (χ1) is 11.5. The third kappa shape index (κ3) is 4.39. The van der Waals surface area contributed by atoms with Gasteiger partial charge in [0, 0.05) is 11.4 Å². The standard InChI is InChI=1S/C19H20N2O3/c1-3-17(13-7-5-9-15(20)11-13)23-19(22)24-18(4-2)14-8-6-10-16(21)12-14/h3-12,17-18H,1-2,20-21H2. The molecule has 0 aliphatic rings. The second-order valence-corrected chi connectivity index (χ2v) is 5.14. The topological polar surface area (TPSA) is 87.6 Å². The molecule has 24 heavy (non-hydrogen) atoms. The van der Waals surface area contributed by atoms with Gasteiger partial charge < -0.3 is 20.9 Å². The van der Waals surface area contributed by atoms with Crippen LogP contribution < -0.4 is 11.5 Å². The van der Waals surface area contributed by atoms with Crippen LogP contribution in [0.4, 0.5) is 16.2 Å². The molecule has 0 spiro atoms. The summed E-state index contributed by atoms with van der Waals surface area (Å²) in [5, 5.41) is 0. The van der Waals surface area contributed by atoms with E-state index in [1.54, 1.807) is 48.5 Å². The largest absolute Gasteiger partial charge is 0.510 e. The molecule has 5 nitrogen and oxygen atoms in total. The lowest BCUT2D eigenvalue weighted by Crippen LogP contribution is -2.14. The van der Waals surface area contributed by atoms with E-state index < -0.39 is 18.4 Å². The SMILES string of the molecule is C=CC(OC(=O)OC(C=C)c1cccc(N)c1)c1cccc(N)c1. The summed E-state index contributed by atoms with van der Waals surface area (Å²) in [6, 6.07) is 14.0. The van der Waals surface area contributed by atoms with Gasteiger partial charge in [-0.1, -0.05) is 37.4 Å². The molecule has 4 N–H and O–H groups in total. The Hall–Kier alpha value is -3.21. The molecule has 2 rings (SSSR count). The van der Waals surface area contributed by atoms with Gasteiger partial charge in [-0.2, -0.15) is 0 Å². The molecule has 0 saturated carbocycles. The lowest BCUT2D eigenvalue weighted by molar-refractivity contribution is 0.0204. The number of hydrogen-bond acceptors (Lipinski definition) is 5. The molecule has 0 bridgehead atoms. The van der Waals surface area contributed by atoms with Gasteiger partial charge in [-0.3, -0.25) is 0 Å². The summed E-state index contributed by atoms with van der Waals surface area (Å²) >= 11 is 0. The van der Waals surface area contributed by atoms with Crippen LogP contribution in [0.25, 0.3) is 0 Å². The number of carbonyl (C=O) groups excluding carboxylic acids is 1. The van der Waals surface area contributed by atoms with E-state index in [0.29, 0.717) is 22.5 Å². The number of nitrogens with two attached hydrogens (primary N) is 2. The lowest BCUT2D eigenvalue weighted by atomic mass is 10.1. The predicted octanol–water partition coefficient (Wildman–Crippen LogP) is 4.16. The van der Waals surface area contributed by atoms with Gasteiger partial charge in [0.05, 0.1) is 0 Å². The van der Waals surface area contributed by atoms with E-state index in [2.05, 4.69) is 13.2 Å². The van der Waals surface area contributed by atoms with Crippen LogP contribution in [-0.2, 0) is 9.47 Å². The molecule has 2 atom stereocenters. The molecule has 0 fully saturated rings. The smallest absolute Gasteiger partial charge is 0.422 e. The normalized spacial score (nSPS) is 12.7. The maximum absolute atomic E-state index is 12.1. The fourth-order valence-corrected chi connectivity index (χ4v) is 2.21. The minimum atomic E-state index is -0.838. The zero-order valence-corrected chi connectivity index (χ0v) is 13.2. The van der Waals surface area contributed by atoms with E-state index in [4.69, 9.17) is 20.9 Å². The molecular formula is C19H20N2O3. The van der Waals surface area contributed by atoms with Gasteiger partial charge in [0.15, 0.2) is 0 Å². The van der Waals surface area contributed by atoms with E-state index >= 15 is 0 Å². The number of anilines is 2. The Bertz CT molecular complexity index is 681. The van der Waals surface area contributed by atoms with Crippen molar-refractivity contribution >= 4 is 17.5 Å². The van der Waals surface area contributed by atoms with Crippen molar-refractivity contribution in [3.05, 3.63) is 85.0 Å². The highest BCUT2D eigenvalue weighted by molar-refractivity contribution is 5.62. The lowest BCUT2D eigenvalue weighted by Gasteiger charge is -2.18. The van der Waals surface area contributed by atoms with Gasteiger partial charge >= 0.3 is 6.16 Å².